The zero-order valence-electron chi connectivity index (χ0n) is 18.6. The van der Waals surface area contributed by atoms with Crippen LogP contribution in [-0.4, -0.2) is 42.1 Å². The van der Waals surface area contributed by atoms with Gasteiger partial charge in [0.1, 0.15) is 5.69 Å². The molecule has 1 aliphatic rings. The first-order chi connectivity index (χ1) is 16.7. The lowest BCUT2D eigenvalue weighted by Crippen LogP contribution is -2.17. The number of hydrogen-bond donors (Lipinski definition) is 2. The van der Waals surface area contributed by atoms with E-state index >= 15 is 0 Å². The van der Waals surface area contributed by atoms with E-state index in [0.717, 1.165) is 74.5 Å². The van der Waals surface area contributed by atoms with Gasteiger partial charge in [0.15, 0.2) is 11.5 Å². The van der Waals surface area contributed by atoms with E-state index in [2.05, 4.69) is 91.7 Å². The molecule has 0 fully saturated rings. The first-order valence-corrected chi connectivity index (χ1v) is 11.3. The number of benzene rings is 2. The summed E-state index contributed by atoms with van der Waals surface area (Å²) in [7, 11) is 2.14. The Kier molecular flexibility index (Phi) is 4.13. The molecule has 2 N–H and O–H groups in total. The van der Waals surface area contributed by atoms with Crippen molar-refractivity contribution in [3.8, 4) is 33.8 Å². The molecule has 0 amide bonds. The van der Waals surface area contributed by atoms with Crippen LogP contribution in [0.4, 0.5) is 0 Å². The molecule has 0 saturated carbocycles. The number of aromatic amines is 2. The van der Waals surface area contributed by atoms with Crippen LogP contribution in [0.5, 0.6) is 0 Å². The number of rotatable bonds is 0. The van der Waals surface area contributed by atoms with Crippen molar-refractivity contribution in [1.82, 2.24) is 35.0 Å². The quantitative estimate of drug-likeness (QED) is 0.338. The summed E-state index contributed by atoms with van der Waals surface area (Å²) >= 11 is 0. The Balaban J connectivity index is 1.51. The summed E-state index contributed by atoms with van der Waals surface area (Å²) in [6.07, 6.45) is 5.69. The Morgan fingerprint density at radius 1 is 0.853 bits per heavy atom. The molecule has 8 bridgehead atoms. The number of nitrogens with one attached hydrogen (secondary N) is 2. The average Bonchev–Trinajstić information content (AvgIpc) is 3.47. The van der Waals surface area contributed by atoms with Crippen LogP contribution < -0.4 is 0 Å². The molecule has 34 heavy (non-hydrogen) atoms. The molecular formula is C27H21N7. The molecule has 7 rings (SSSR count). The Morgan fingerprint density at radius 2 is 1.71 bits per heavy atom. The molecule has 2 aromatic carbocycles. The normalized spacial score (nSPS) is 13.7. The lowest BCUT2D eigenvalue weighted by Gasteiger charge is -2.18. The van der Waals surface area contributed by atoms with E-state index in [9.17, 15) is 0 Å². The van der Waals surface area contributed by atoms with Crippen molar-refractivity contribution in [2.24, 2.45) is 0 Å². The summed E-state index contributed by atoms with van der Waals surface area (Å²) < 4.78 is 0. The zero-order chi connectivity index (χ0) is 22.6. The van der Waals surface area contributed by atoms with Gasteiger partial charge in [0, 0.05) is 48.4 Å². The van der Waals surface area contributed by atoms with Gasteiger partial charge in [-0.25, -0.2) is 9.97 Å². The van der Waals surface area contributed by atoms with Crippen LogP contribution in [0.2, 0.25) is 0 Å². The van der Waals surface area contributed by atoms with Crippen LogP contribution in [0.1, 0.15) is 11.1 Å². The zero-order valence-corrected chi connectivity index (χ0v) is 18.6. The third-order valence-corrected chi connectivity index (χ3v) is 6.42. The molecule has 164 valence electrons. The van der Waals surface area contributed by atoms with Gasteiger partial charge in [-0.3, -0.25) is 15.0 Å². The fourth-order valence-electron chi connectivity index (χ4n) is 4.87. The summed E-state index contributed by atoms with van der Waals surface area (Å²) in [4.78, 5) is 19.9. The number of fused-ring (bicyclic) bond motifs is 9. The van der Waals surface area contributed by atoms with Gasteiger partial charge in [-0.15, -0.1) is 0 Å². The molecule has 4 aromatic heterocycles. The minimum atomic E-state index is 0.722. The van der Waals surface area contributed by atoms with Gasteiger partial charge < -0.3 is 4.98 Å². The molecule has 0 spiro atoms. The maximum absolute atomic E-state index is 5.00. The molecule has 0 aliphatic carbocycles. The van der Waals surface area contributed by atoms with Gasteiger partial charge in [-0.2, -0.15) is 5.10 Å². The van der Waals surface area contributed by atoms with Crippen LogP contribution in [0.15, 0.2) is 73.2 Å². The molecule has 0 radical (unpaired) electrons. The first-order valence-electron chi connectivity index (χ1n) is 11.3. The number of para-hydroxylation sites is 1. The molecule has 7 nitrogen and oxygen atoms in total. The number of imidazole rings is 1. The van der Waals surface area contributed by atoms with E-state index in [1.54, 1.807) is 0 Å². The minimum Gasteiger partial charge on any atom is -0.337 e. The highest BCUT2D eigenvalue weighted by Gasteiger charge is 2.17. The van der Waals surface area contributed by atoms with Crippen molar-refractivity contribution in [2.75, 3.05) is 7.05 Å². The first kappa shape index (κ1) is 19.1. The molecule has 0 unspecified atom stereocenters. The lowest BCUT2D eigenvalue weighted by molar-refractivity contribution is 0.319. The van der Waals surface area contributed by atoms with E-state index in [1.807, 2.05) is 18.6 Å². The van der Waals surface area contributed by atoms with E-state index in [1.165, 1.54) is 5.56 Å². The van der Waals surface area contributed by atoms with Crippen molar-refractivity contribution in [1.29, 1.82) is 0 Å². The Morgan fingerprint density at radius 3 is 2.68 bits per heavy atom. The van der Waals surface area contributed by atoms with Gasteiger partial charge >= 0.3 is 0 Å². The van der Waals surface area contributed by atoms with Crippen molar-refractivity contribution < 1.29 is 0 Å². The monoisotopic (exact) mass is 443 g/mol. The number of pyridine rings is 2. The smallest absolute Gasteiger partial charge is 0.159 e. The molecule has 6 aromatic rings. The number of aromatic nitrogens is 6. The fourth-order valence-corrected chi connectivity index (χ4v) is 4.87. The van der Waals surface area contributed by atoms with Gasteiger partial charge in [0.2, 0.25) is 0 Å². The van der Waals surface area contributed by atoms with Gasteiger partial charge in [0.05, 0.1) is 16.4 Å². The topological polar surface area (TPSA) is 86.4 Å². The molecule has 0 saturated heterocycles. The standard InChI is InChI=1S/C27H21N7/c1-34-14-16-4-2-5-18(8-16)21-6-3-7-23-24(21)31-27(30-23)25-22-10-20(13-29-26(22)33-32-25)19-9-17(15-34)11-28-12-19/h2-13H,14-15H2,1H3,(H,30,31)(H,29,32,33). The minimum absolute atomic E-state index is 0.722. The lowest BCUT2D eigenvalue weighted by atomic mass is 10.0. The average molecular weight is 444 g/mol. The number of hydrogen-bond acceptors (Lipinski definition) is 5. The van der Waals surface area contributed by atoms with Crippen molar-refractivity contribution in [3.05, 3.63) is 84.3 Å². The van der Waals surface area contributed by atoms with Gasteiger partial charge in [-0.1, -0.05) is 30.3 Å². The molecule has 0 atom stereocenters. The highest BCUT2D eigenvalue weighted by molar-refractivity contribution is 5.97. The predicted molar refractivity (Wildman–Crippen MR) is 133 cm³/mol. The summed E-state index contributed by atoms with van der Waals surface area (Å²) in [5, 5.41) is 8.54. The Hall–Kier alpha value is -4.36. The van der Waals surface area contributed by atoms with E-state index in [4.69, 9.17) is 4.98 Å². The summed E-state index contributed by atoms with van der Waals surface area (Å²) in [5.41, 5.74) is 10.1. The highest BCUT2D eigenvalue weighted by Crippen LogP contribution is 2.33. The number of H-pyrrole nitrogens is 2. The summed E-state index contributed by atoms with van der Waals surface area (Å²) in [6.45, 7) is 1.64. The maximum Gasteiger partial charge on any atom is 0.159 e. The maximum atomic E-state index is 5.00. The van der Waals surface area contributed by atoms with E-state index in [0.29, 0.717) is 0 Å². The van der Waals surface area contributed by atoms with Crippen molar-refractivity contribution in [3.63, 3.8) is 0 Å². The third-order valence-electron chi connectivity index (χ3n) is 6.42. The second-order valence-corrected chi connectivity index (χ2v) is 8.93. The summed E-state index contributed by atoms with van der Waals surface area (Å²) in [5.74, 6) is 0.722. The van der Waals surface area contributed by atoms with Crippen molar-refractivity contribution in [2.45, 2.75) is 13.1 Å². The fraction of sp³-hybridized carbons (Fsp3) is 0.111. The van der Waals surface area contributed by atoms with Crippen molar-refractivity contribution >= 4 is 22.1 Å². The van der Waals surface area contributed by atoms with Crippen LogP contribution in [0, 0.1) is 0 Å². The van der Waals surface area contributed by atoms with Crippen LogP contribution in [0.25, 0.3) is 55.8 Å². The van der Waals surface area contributed by atoms with Gasteiger partial charge in [0.25, 0.3) is 0 Å². The SMILES string of the molecule is CN1Cc2cncc(c2)-c2cnc3[nH]nc(c3c2)-c2nc3c(cccc3[nH]2)-c2cccc(c2)C1. The molecule has 7 heteroatoms. The molecule has 5 heterocycles. The Bertz CT molecular complexity index is 1690. The van der Waals surface area contributed by atoms with E-state index in [-0.39, 0.29) is 0 Å². The summed E-state index contributed by atoms with van der Waals surface area (Å²) in [6, 6.07) is 19.3. The number of nitrogens with zero attached hydrogens (tertiary/aromatic N) is 5. The molecule has 1 aliphatic heterocycles. The predicted octanol–water partition coefficient (Wildman–Crippen LogP) is 5.18. The third kappa shape index (κ3) is 3.09. The van der Waals surface area contributed by atoms with Crippen LogP contribution in [0.3, 0.4) is 0 Å². The van der Waals surface area contributed by atoms with E-state index < -0.39 is 0 Å². The Labute approximate surface area is 195 Å². The van der Waals surface area contributed by atoms with Gasteiger partial charge in [-0.05, 0) is 48.0 Å². The van der Waals surface area contributed by atoms with Crippen LogP contribution in [-0.2, 0) is 13.1 Å². The largest absolute Gasteiger partial charge is 0.337 e. The second-order valence-electron chi connectivity index (χ2n) is 8.93. The molecular weight excluding hydrogens is 422 g/mol. The highest BCUT2D eigenvalue weighted by atomic mass is 15.2. The second kappa shape index (κ2) is 7.33. The van der Waals surface area contributed by atoms with Crippen LogP contribution >= 0.6 is 0 Å².